The Kier molecular flexibility index (Phi) is 3.04. The highest BCUT2D eigenvalue weighted by molar-refractivity contribution is 6.01. The first-order valence-electron chi connectivity index (χ1n) is 7.24. The molecule has 2 heterocycles. The Labute approximate surface area is 128 Å². The molecule has 0 spiro atoms. The van der Waals surface area contributed by atoms with Crippen LogP contribution in [0.25, 0.3) is 11.0 Å². The molecule has 2 aromatic carbocycles. The van der Waals surface area contributed by atoms with Gasteiger partial charge >= 0.3 is 0 Å². The molecule has 0 amide bonds. The number of hydrogen-bond donors (Lipinski definition) is 2. The third-order valence-electron chi connectivity index (χ3n) is 3.93. The summed E-state index contributed by atoms with van der Waals surface area (Å²) in [6.45, 7) is 0. The fraction of sp³-hybridized carbons (Fsp3) is 0.176. The second kappa shape index (κ2) is 5.18. The lowest BCUT2D eigenvalue weighted by molar-refractivity contribution is 0.414. The number of aromatic amines is 1. The van der Waals surface area contributed by atoms with Crippen molar-refractivity contribution >= 4 is 16.7 Å². The Balaban J connectivity index is 1.55. The molecule has 22 heavy (non-hydrogen) atoms. The largest absolute Gasteiger partial charge is 0.497 e. The number of ether oxygens (including phenoxy) is 1. The van der Waals surface area contributed by atoms with E-state index in [0.29, 0.717) is 0 Å². The van der Waals surface area contributed by atoms with E-state index >= 15 is 0 Å². The van der Waals surface area contributed by atoms with Crippen molar-refractivity contribution in [2.45, 2.75) is 12.5 Å². The van der Waals surface area contributed by atoms with E-state index in [9.17, 15) is 0 Å². The number of methoxy groups -OCH3 is 1. The fourth-order valence-electron chi connectivity index (χ4n) is 2.71. The standard InChI is InChI=1S/C17H16N4O/c1-22-12-8-6-11(7-9-12)15-10-16(21-20-15)17-18-13-4-2-3-5-14(13)19-17/h2-9,15,20H,10H2,1H3,(H,18,19). The van der Waals surface area contributed by atoms with Crippen LogP contribution in [0.5, 0.6) is 5.75 Å². The van der Waals surface area contributed by atoms with Crippen molar-refractivity contribution in [2.24, 2.45) is 5.10 Å². The van der Waals surface area contributed by atoms with Crippen molar-refractivity contribution < 1.29 is 4.74 Å². The van der Waals surface area contributed by atoms with Crippen molar-refractivity contribution in [1.82, 2.24) is 15.4 Å². The van der Waals surface area contributed by atoms with Crippen LogP contribution in [-0.2, 0) is 0 Å². The number of benzene rings is 2. The maximum atomic E-state index is 5.19. The highest BCUT2D eigenvalue weighted by atomic mass is 16.5. The molecule has 1 unspecified atom stereocenters. The molecule has 5 heteroatoms. The van der Waals surface area contributed by atoms with Gasteiger partial charge < -0.3 is 15.1 Å². The lowest BCUT2D eigenvalue weighted by Crippen LogP contribution is -2.09. The number of H-pyrrole nitrogens is 1. The third kappa shape index (κ3) is 2.20. The molecule has 2 N–H and O–H groups in total. The molecule has 110 valence electrons. The molecule has 0 saturated heterocycles. The molecular formula is C17H16N4O. The zero-order valence-electron chi connectivity index (χ0n) is 12.2. The minimum absolute atomic E-state index is 0.175. The summed E-state index contributed by atoms with van der Waals surface area (Å²) in [5.41, 5.74) is 7.34. The van der Waals surface area contributed by atoms with Gasteiger partial charge in [0.2, 0.25) is 0 Å². The van der Waals surface area contributed by atoms with Crippen LogP contribution in [0.1, 0.15) is 23.9 Å². The SMILES string of the molecule is COc1ccc(C2CC(c3nc4ccccc4[nH]3)=NN2)cc1. The van der Waals surface area contributed by atoms with Crippen LogP contribution < -0.4 is 10.2 Å². The van der Waals surface area contributed by atoms with E-state index < -0.39 is 0 Å². The maximum absolute atomic E-state index is 5.19. The van der Waals surface area contributed by atoms with Crippen molar-refractivity contribution in [2.75, 3.05) is 7.11 Å². The first-order chi connectivity index (χ1) is 10.8. The smallest absolute Gasteiger partial charge is 0.154 e. The first-order valence-corrected chi connectivity index (χ1v) is 7.24. The Morgan fingerprint density at radius 2 is 1.91 bits per heavy atom. The van der Waals surface area contributed by atoms with Gasteiger partial charge in [0, 0.05) is 6.42 Å². The number of nitrogens with zero attached hydrogens (tertiary/aromatic N) is 2. The van der Waals surface area contributed by atoms with E-state index in [1.54, 1.807) is 7.11 Å². The van der Waals surface area contributed by atoms with E-state index in [2.05, 4.69) is 32.6 Å². The molecule has 1 aliphatic rings. The van der Waals surface area contributed by atoms with Crippen LogP contribution in [0.2, 0.25) is 0 Å². The summed E-state index contributed by atoms with van der Waals surface area (Å²) >= 11 is 0. The van der Waals surface area contributed by atoms with Gasteiger partial charge in [-0.25, -0.2) is 4.98 Å². The van der Waals surface area contributed by atoms with Crippen LogP contribution in [0.3, 0.4) is 0 Å². The van der Waals surface area contributed by atoms with E-state index in [1.807, 2.05) is 36.4 Å². The molecule has 0 radical (unpaired) electrons. The van der Waals surface area contributed by atoms with Gasteiger partial charge in [0.05, 0.1) is 24.2 Å². The number of nitrogens with one attached hydrogen (secondary N) is 2. The quantitative estimate of drug-likeness (QED) is 0.780. The molecule has 4 rings (SSSR count). The number of aromatic nitrogens is 2. The summed E-state index contributed by atoms with van der Waals surface area (Å²) in [6, 6.07) is 16.2. The Bertz CT molecular complexity index is 802. The lowest BCUT2D eigenvalue weighted by atomic mass is 10.0. The van der Waals surface area contributed by atoms with Crippen LogP contribution in [0.4, 0.5) is 0 Å². The van der Waals surface area contributed by atoms with E-state index in [1.165, 1.54) is 5.56 Å². The molecule has 5 nitrogen and oxygen atoms in total. The second-order valence-electron chi connectivity index (χ2n) is 5.32. The molecule has 3 aromatic rings. The molecule has 1 atom stereocenters. The Hall–Kier alpha value is -2.82. The van der Waals surface area contributed by atoms with Gasteiger partial charge in [-0.3, -0.25) is 0 Å². The number of rotatable bonds is 3. The Morgan fingerprint density at radius 1 is 1.09 bits per heavy atom. The lowest BCUT2D eigenvalue weighted by Gasteiger charge is -2.10. The van der Waals surface area contributed by atoms with Gasteiger partial charge in [-0.15, -0.1) is 0 Å². The number of fused-ring (bicyclic) bond motifs is 1. The average Bonchev–Trinajstić information content (AvgIpc) is 3.21. The molecule has 1 aromatic heterocycles. The summed E-state index contributed by atoms with van der Waals surface area (Å²) < 4.78 is 5.19. The molecule has 0 saturated carbocycles. The van der Waals surface area contributed by atoms with Gasteiger partial charge in [-0.1, -0.05) is 24.3 Å². The molecule has 0 bridgehead atoms. The average molecular weight is 292 g/mol. The van der Waals surface area contributed by atoms with Gasteiger partial charge in [0.15, 0.2) is 5.82 Å². The normalized spacial score (nSPS) is 17.3. The molecule has 0 aliphatic carbocycles. The first kappa shape index (κ1) is 12.9. The van der Waals surface area contributed by atoms with Crippen molar-refractivity contribution in [3.8, 4) is 5.75 Å². The minimum Gasteiger partial charge on any atom is -0.497 e. The summed E-state index contributed by atoms with van der Waals surface area (Å²) in [4.78, 5) is 7.93. The zero-order valence-corrected chi connectivity index (χ0v) is 12.2. The monoisotopic (exact) mass is 292 g/mol. The summed E-state index contributed by atoms with van der Waals surface area (Å²) in [5, 5.41) is 4.44. The van der Waals surface area contributed by atoms with Crippen molar-refractivity contribution in [3.05, 3.63) is 59.9 Å². The van der Waals surface area contributed by atoms with Crippen LogP contribution >= 0.6 is 0 Å². The van der Waals surface area contributed by atoms with Gasteiger partial charge in [-0.05, 0) is 29.8 Å². The van der Waals surface area contributed by atoms with E-state index in [-0.39, 0.29) is 6.04 Å². The number of imidazole rings is 1. The predicted molar refractivity (Wildman–Crippen MR) is 86.1 cm³/mol. The molecule has 0 fully saturated rings. The highest BCUT2D eigenvalue weighted by Gasteiger charge is 2.23. The van der Waals surface area contributed by atoms with Crippen molar-refractivity contribution in [3.63, 3.8) is 0 Å². The number of para-hydroxylation sites is 2. The number of hydrazone groups is 1. The molecule has 1 aliphatic heterocycles. The number of hydrogen-bond acceptors (Lipinski definition) is 4. The van der Waals surface area contributed by atoms with Crippen LogP contribution in [0.15, 0.2) is 53.6 Å². The highest BCUT2D eigenvalue weighted by Crippen LogP contribution is 2.26. The summed E-state index contributed by atoms with van der Waals surface area (Å²) in [7, 11) is 1.67. The molecular weight excluding hydrogens is 276 g/mol. The van der Waals surface area contributed by atoms with Gasteiger partial charge in [-0.2, -0.15) is 5.10 Å². The predicted octanol–water partition coefficient (Wildman–Crippen LogP) is 3.01. The van der Waals surface area contributed by atoms with E-state index in [0.717, 1.165) is 34.7 Å². The second-order valence-corrected chi connectivity index (χ2v) is 5.32. The maximum Gasteiger partial charge on any atom is 0.154 e. The van der Waals surface area contributed by atoms with Crippen molar-refractivity contribution in [1.29, 1.82) is 0 Å². The topological polar surface area (TPSA) is 62.3 Å². The van der Waals surface area contributed by atoms with E-state index in [4.69, 9.17) is 4.74 Å². The summed E-state index contributed by atoms with van der Waals surface area (Å²) in [6.07, 6.45) is 0.812. The summed E-state index contributed by atoms with van der Waals surface area (Å²) in [5.74, 6) is 1.70. The van der Waals surface area contributed by atoms with Crippen LogP contribution in [-0.4, -0.2) is 22.8 Å². The van der Waals surface area contributed by atoms with Gasteiger partial charge in [0.1, 0.15) is 11.5 Å². The Morgan fingerprint density at radius 3 is 2.68 bits per heavy atom. The zero-order chi connectivity index (χ0) is 14.9. The van der Waals surface area contributed by atoms with Gasteiger partial charge in [0.25, 0.3) is 0 Å². The minimum atomic E-state index is 0.175. The van der Waals surface area contributed by atoms with Crippen LogP contribution in [0, 0.1) is 0 Å². The fourth-order valence-corrected chi connectivity index (χ4v) is 2.71. The third-order valence-corrected chi connectivity index (χ3v) is 3.93.